The predicted octanol–water partition coefficient (Wildman–Crippen LogP) is 4.75. The van der Waals surface area contributed by atoms with Gasteiger partial charge in [0.05, 0.1) is 12.2 Å². The lowest BCUT2D eigenvalue weighted by atomic mass is 9.91. The number of rotatable bonds is 6. The largest absolute Gasteiger partial charge is 0.351 e. The van der Waals surface area contributed by atoms with E-state index in [-0.39, 0.29) is 17.9 Å². The molecule has 2 aromatic rings. The van der Waals surface area contributed by atoms with Crippen molar-refractivity contribution in [3.63, 3.8) is 0 Å². The van der Waals surface area contributed by atoms with Crippen LogP contribution in [0.25, 0.3) is 11.3 Å². The molecule has 32 heavy (non-hydrogen) atoms. The van der Waals surface area contributed by atoms with Crippen LogP contribution in [0.3, 0.4) is 0 Å². The molecule has 1 unspecified atom stereocenters. The van der Waals surface area contributed by atoms with Crippen molar-refractivity contribution in [1.29, 1.82) is 0 Å². The third-order valence-corrected chi connectivity index (χ3v) is 7.05. The molecule has 2 heterocycles. The number of carbonyl (C=O) groups excluding carboxylic acids is 2. The maximum absolute atomic E-state index is 13.5. The zero-order chi connectivity index (χ0) is 22.9. The Balaban J connectivity index is 1.63. The van der Waals surface area contributed by atoms with Gasteiger partial charge in [-0.15, -0.1) is 0 Å². The van der Waals surface area contributed by atoms with E-state index in [2.05, 4.69) is 43.4 Å². The Kier molecular flexibility index (Phi) is 6.40. The lowest BCUT2D eigenvalue weighted by molar-refractivity contribution is -0.134. The highest BCUT2D eigenvalue weighted by Gasteiger charge is 2.48. The number of aromatic nitrogens is 2. The Morgan fingerprint density at radius 2 is 1.88 bits per heavy atom. The topological polar surface area (TPSA) is 67.2 Å². The zero-order valence-electron chi connectivity index (χ0n) is 19.9. The molecule has 1 aromatic carbocycles. The molecule has 0 spiro atoms. The van der Waals surface area contributed by atoms with Crippen molar-refractivity contribution >= 4 is 11.8 Å². The lowest BCUT2D eigenvalue weighted by Crippen LogP contribution is -2.65. The average molecular weight is 437 g/mol. The number of amides is 2. The van der Waals surface area contributed by atoms with Gasteiger partial charge in [-0.25, -0.2) is 0 Å². The first-order valence-electron chi connectivity index (χ1n) is 12.1. The SMILES string of the molecule is CCCN1C(=O)c2cc(-c3ccc(C(C)C)cc3)nn2CC1(C)C(=O)NC1CCCCC1. The second-order valence-electron chi connectivity index (χ2n) is 9.89. The minimum Gasteiger partial charge on any atom is -0.351 e. The number of fused-ring (bicyclic) bond motifs is 1. The van der Waals surface area contributed by atoms with Crippen LogP contribution in [-0.4, -0.2) is 44.6 Å². The van der Waals surface area contributed by atoms with E-state index >= 15 is 0 Å². The fraction of sp³-hybridized carbons (Fsp3) is 0.577. The minimum atomic E-state index is -0.942. The Morgan fingerprint density at radius 1 is 1.19 bits per heavy atom. The Morgan fingerprint density at radius 3 is 2.50 bits per heavy atom. The summed E-state index contributed by atoms with van der Waals surface area (Å²) < 4.78 is 1.74. The molecule has 6 nitrogen and oxygen atoms in total. The molecule has 0 radical (unpaired) electrons. The summed E-state index contributed by atoms with van der Waals surface area (Å²) in [5, 5.41) is 8.00. The fourth-order valence-electron chi connectivity index (χ4n) is 4.98. The third-order valence-electron chi connectivity index (χ3n) is 7.05. The third kappa shape index (κ3) is 4.19. The molecule has 1 atom stereocenters. The van der Waals surface area contributed by atoms with E-state index < -0.39 is 5.54 Å². The molecule has 172 valence electrons. The van der Waals surface area contributed by atoms with E-state index in [4.69, 9.17) is 5.10 Å². The highest BCUT2D eigenvalue weighted by molar-refractivity contribution is 6.00. The highest BCUT2D eigenvalue weighted by atomic mass is 16.2. The second kappa shape index (κ2) is 9.08. The van der Waals surface area contributed by atoms with Crippen LogP contribution in [0.1, 0.15) is 88.2 Å². The van der Waals surface area contributed by atoms with Crippen LogP contribution in [0.4, 0.5) is 0 Å². The van der Waals surface area contributed by atoms with Gasteiger partial charge in [0.2, 0.25) is 5.91 Å². The highest BCUT2D eigenvalue weighted by Crippen LogP contribution is 2.31. The molecule has 0 bridgehead atoms. The summed E-state index contributed by atoms with van der Waals surface area (Å²) >= 11 is 0. The van der Waals surface area contributed by atoms with E-state index in [1.165, 1.54) is 12.0 Å². The summed E-state index contributed by atoms with van der Waals surface area (Å²) in [7, 11) is 0. The van der Waals surface area contributed by atoms with Crippen LogP contribution in [0.2, 0.25) is 0 Å². The van der Waals surface area contributed by atoms with Gasteiger partial charge in [0.15, 0.2) is 0 Å². The molecule has 1 saturated carbocycles. The quantitative estimate of drug-likeness (QED) is 0.711. The average Bonchev–Trinajstić information content (AvgIpc) is 3.21. The van der Waals surface area contributed by atoms with E-state index in [1.807, 2.05) is 19.9 Å². The molecule has 1 fully saturated rings. The summed E-state index contributed by atoms with van der Waals surface area (Å²) in [5.41, 5.74) is 2.65. The number of hydrogen-bond acceptors (Lipinski definition) is 3. The van der Waals surface area contributed by atoms with E-state index in [0.717, 1.165) is 43.4 Å². The molecular formula is C26H36N4O2. The Labute approximate surface area is 191 Å². The zero-order valence-corrected chi connectivity index (χ0v) is 19.9. The van der Waals surface area contributed by atoms with E-state index in [9.17, 15) is 9.59 Å². The Bertz CT molecular complexity index is 972. The maximum atomic E-state index is 13.5. The molecule has 2 amide bonds. The van der Waals surface area contributed by atoms with Crippen molar-refractivity contribution in [2.45, 2.75) is 90.3 Å². The van der Waals surface area contributed by atoms with Gasteiger partial charge in [-0.1, -0.05) is 64.3 Å². The monoisotopic (exact) mass is 436 g/mol. The van der Waals surface area contributed by atoms with Crippen LogP contribution in [0, 0.1) is 0 Å². The molecular weight excluding hydrogens is 400 g/mol. The number of benzene rings is 1. The van der Waals surface area contributed by atoms with Crippen LogP contribution in [0.5, 0.6) is 0 Å². The van der Waals surface area contributed by atoms with Crippen LogP contribution in [-0.2, 0) is 11.3 Å². The van der Waals surface area contributed by atoms with Gasteiger partial charge in [0.1, 0.15) is 11.2 Å². The normalized spacial score (nSPS) is 21.7. The van der Waals surface area contributed by atoms with Gasteiger partial charge in [-0.3, -0.25) is 14.3 Å². The summed E-state index contributed by atoms with van der Waals surface area (Å²) in [6.07, 6.45) is 6.39. The van der Waals surface area contributed by atoms with Gasteiger partial charge in [0, 0.05) is 18.2 Å². The summed E-state index contributed by atoms with van der Waals surface area (Å²) in [5.74, 6) is 0.291. The van der Waals surface area contributed by atoms with Crippen molar-refractivity contribution in [2.75, 3.05) is 6.54 Å². The van der Waals surface area contributed by atoms with Crippen molar-refractivity contribution in [3.05, 3.63) is 41.6 Å². The number of nitrogens with one attached hydrogen (secondary N) is 1. The van der Waals surface area contributed by atoms with Gasteiger partial charge < -0.3 is 10.2 Å². The first-order chi connectivity index (χ1) is 15.3. The van der Waals surface area contributed by atoms with Gasteiger partial charge in [-0.05, 0) is 43.7 Å². The van der Waals surface area contributed by atoms with Crippen molar-refractivity contribution in [3.8, 4) is 11.3 Å². The summed E-state index contributed by atoms with van der Waals surface area (Å²) in [6, 6.07) is 10.4. The van der Waals surface area contributed by atoms with Gasteiger partial charge in [-0.2, -0.15) is 5.10 Å². The predicted molar refractivity (Wildman–Crippen MR) is 127 cm³/mol. The molecule has 2 aliphatic rings. The van der Waals surface area contributed by atoms with Crippen LogP contribution >= 0.6 is 0 Å². The minimum absolute atomic E-state index is 0.0600. The second-order valence-corrected chi connectivity index (χ2v) is 9.89. The molecule has 0 saturated heterocycles. The molecule has 1 aromatic heterocycles. The molecule has 1 aliphatic carbocycles. The number of nitrogens with zero attached hydrogens (tertiary/aromatic N) is 3. The van der Waals surface area contributed by atoms with Crippen molar-refractivity contribution in [2.24, 2.45) is 0 Å². The van der Waals surface area contributed by atoms with E-state index in [0.29, 0.717) is 24.7 Å². The van der Waals surface area contributed by atoms with Crippen molar-refractivity contribution < 1.29 is 9.59 Å². The van der Waals surface area contributed by atoms with Crippen molar-refractivity contribution in [1.82, 2.24) is 20.0 Å². The fourth-order valence-corrected chi connectivity index (χ4v) is 4.98. The standard InChI is InChI=1S/C26H36N4O2/c1-5-15-29-24(31)23-16-22(20-13-11-19(12-14-20)18(2)3)28-30(23)17-26(29,4)25(32)27-21-9-7-6-8-10-21/h11-14,16,18,21H,5-10,15,17H2,1-4H3,(H,27,32). The van der Waals surface area contributed by atoms with Crippen LogP contribution < -0.4 is 5.32 Å². The smallest absolute Gasteiger partial charge is 0.273 e. The first-order valence-corrected chi connectivity index (χ1v) is 12.1. The maximum Gasteiger partial charge on any atom is 0.273 e. The van der Waals surface area contributed by atoms with Gasteiger partial charge in [0.25, 0.3) is 5.91 Å². The van der Waals surface area contributed by atoms with Gasteiger partial charge >= 0.3 is 0 Å². The van der Waals surface area contributed by atoms with E-state index in [1.54, 1.807) is 9.58 Å². The molecule has 4 rings (SSSR count). The molecule has 1 N–H and O–H groups in total. The number of hydrogen-bond donors (Lipinski definition) is 1. The van der Waals surface area contributed by atoms with Crippen LogP contribution in [0.15, 0.2) is 30.3 Å². The summed E-state index contributed by atoms with van der Waals surface area (Å²) in [4.78, 5) is 28.7. The number of carbonyl (C=O) groups is 2. The molecule has 1 aliphatic heterocycles. The molecule has 6 heteroatoms. The lowest BCUT2D eigenvalue weighted by Gasteiger charge is -2.44. The Hall–Kier alpha value is -2.63. The summed E-state index contributed by atoms with van der Waals surface area (Å²) in [6.45, 7) is 9.20. The first kappa shape index (κ1) is 22.6.